The molecule has 1 rings (SSSR count). The number of carbonyl (C=O) groups is 2. The van der Waals surface area contributed by atoms with E-state index in [1.807, 2.05) is 6.07 Å². The molecule has 11 heavy (non-hydrogen) atoms. The van der Waals surface area contributed by atoms with Gasteiger partial charge in [0.05, 0.1) is 12.6 Å². The van der Waals surface area contributed by atoms with Crippen LogP contribution in [0.2, 0.25) is 0 Å². The summed E-state index contributed by atoms with van der Waals surface area (Å²) in [6.07, 6.45) is -0.293. The molecule has 0 aromatic rings. The minimum Gasteiger partial charge on any atom is -0.369 e. The topological polar surface area (TPSA) is 87.0 Å². The quantitative estimate of drug-likeness (QED) is 0.390. The highest BCUT2D eigenvalue weighted by molar-refractivity contribution is 5.97. The first-order chi connectivity index (χ1) is 5.15. The lowest BCUT2D eigenvalue weighted by Gasteiger charge is -1.96. The fourth-order valence-electron chi connectivity index (χ4n) is 0.776. The number of nitriles is 1. The van der Waals surface area contributed by atoms with Gasteiger partial charge in [0, 0.05) is 0 Å². The van der Waals surface area contributed by atoms with Crippen LogP contribution in [0.5, 0.6) is 0 Å². The Balaban J connectivity index is 2.35. The van der Waals surface area contributed by atoms with E-state index in [4.69, 9.17) is 11.0 Å². The summed E-state index contributed by atoms with van der Waals surface area (Å²) < 4.78 is 0. The van der Waals surface area contributed by atoms with Crippen molar-refractivity contribution in [1.29, 1.82) is 5.26 Å². The fourth-order valence-corrected chi connectivity index (χ4v) is 0.776. The molecule has 0 aromatic heterocycles. The van der Waals surface area contributed by atoms with Crippen LogP contribution in [0, 0.1) is 11.3 Å². The van der Waals surface area contributed by atoms with Gasteiger partial charge in [-0.15, -0.1) is 0 Å². The lowest BCUT2D eigenvalue weighted by Crippen LogP contribution is -2.22. The summed E-state index contributed by atoms with van der Waals surface area (Å²) in [4.78, 5) is 22.4. The number of amides is 2. The maximum atomic E-state index is 10.9. The Bertz CT molecular complexity index is 243. The number of rotatable bonds is 2. The van der Waals surface area contributed by atoms with Crippen molar-refractivity contribution in [2.45, 2.75) is 12.5 Å². The normalized spacial score (nSPS) is 20.6. The lowest BCUT2D eigenvalue weighted by atomic mass is 10.4. The highest BCUT2D eigenvalue weighted by atomic mass is 16.2. The summed E-state index contributed by atoms with van der Waals surface area (Å²) >= 11 is 0. The van der Waals surface area contributed by atoms with Gasteiger partial charge in [0.1, 0.15) is 12.5 Å². The van der Waals surface area contributed by atoms with Crippen molar-refractivity contribution in [2.24, 2.45) is 5.73 Å². The van der Waals surface area contributed by atoms with Crippen LogP contribution in [0.15, 0.2) is 0 Å². The first kappa shape index (κ1) is 7.54. The Labute approximate surface area is 63.4 Å². The zero-order valence-electron chi connectivity index (χ0n) is 5.78. The predicted molar refractivity (Wildman–Crippen MR) is 34.9 cm³/mol. The molecular formula is C6H7N3O2. The molecule has 1 saturated heterocycles. The summed E-state index contributed by atoms with van der Waals surface area (Å²) in [6.45, 7) is 0.433. The van der Waals surface area contributed by atoms with Gasteiger partial charge < -0.3 is 10.6 Å². The summed E-state index contributed by atoms with van der Waals surface area (Å²) in [5.41, 5.74) is 4.78. The lowest BCUT2D eigenvalue weighted by molar-refractivity contribution is -0.131. The van der Waals surface area contributed by atoms with Gasteiger partial charge in [0.2, 0.25) is 11.8 Å². The SMILES string of the molecule is N#CC1CN1C(=O)CC(N)=O. The van der Waals surface area contributed by atoms with Gasteiger partial charge in [0.25, 0.3) is 0 Å². The third kappa shape index (κ3) is 1.67. The van der Waals surface area contributed by atoms with E-state index >= 15 is 0 Å². The highest BCUT2D eigenvalue weighted by Gasteiger charge is 2.38. The average Bonchev–Trinajstić information content (AvgIpc) is 2.63. The zero-order chi connectivity index (χ0) is 8.43. The number of carbonyl (C=O) groups excluding carboxylic acids is 2. The molecular weight excluding hydrogens is 146 g/mol. The molecule has 1 heterocycles. The largest absolute Gasteiger partial charge is 0.369 e. The minimum absolute atomic E-state index is 0.293. The Morgan fingerprint density at radius 2 is 2.36 bits per heavy atom. The summed E-state index contributed by atoms with van der Waals surface area (Å²) in [7, 11) is 0. The molecule has 0 saturated carbocycles. The van der Waals surface area contributed by atoms with Gasteiger partial charge in [-0.25, -0.2) is 0 Å². The molecule has 0 radical (unpaired) electrons. The molecule has 1 aliphatic heterocycles. The Hall–Kier alpha value is -1.57. The highest BCUT2D eigenvalue weighted by Crippen LogP contribution is 2.16. The fraction of sp³-hybridized carbons (Fsp3) is 0.500. The van der Waals surface area contributed by atoms with E-state index in [1.54, 1.807) is 0 Å². The molecule has 0 bridgehead atoms. The van der Waals surface area contributed by atoms with Crippen LogP contribution in [0.1, 0.15) is 6.42 Å². The second kappa shape index (κ2) is 2.58. The van der Waals surface area contributed by atoms with Gasteiger partial charge in [-0.05, 0) is 0 Å². The maximum Gasteiger partial charge on any atom is 0.233 e. The molecule has 2 N–H and O–H groups in total. The molecule has 5 heteroatoms. The molecule has 5 nitrogen and oxygen atoms in total. The van der Waals surface area contributed by atoms with E-state index in [0.29, 0.717) is 6.54 Å². The Morgan fingerprint density at radius 3 is 2.73 bits per heavy atom. The Kier molecular flexibility index (Phi) is 1.77. The van der Waals surface area contributed by atoms with Crippen molar-refractivity contribution in [1.82, 2.24) is 4.90 Å². The number of primary amides is 1. The van der Waals surface area contributed by atoms with Crippen LogP contribution in [0.25, 0.3) is 0 Å². The average molecular weight is 153 g/mol. The van der Waals surface area contributed by atoms with Gasteiger partial charge in [-0.3, -0.25) is 9.59 Å². The molecule has 58 valence electrons. The number of hydrogen-bond acceptors (Lipinski definition) is 3. The van der Waals surface area contributed by atoms with E-state index in [0.717, 1.165) is 0 Å². The third-order valence-electron chi connectivity index (χ3n) is 1.41. The number of nitrogens with two attached hydrogens (primary N) is 1. The minimum atomic E-state index is -0.654. The van der Waals surface area contributed by atoms with Crippen LogP contribution in [-0.2, 0) is 9.59 Å². The van der Waals surface area contributed by atoms with Crippen LogP contribution in [0.4, 0.5) is 0 Å². The van der Waals surface area contributed by atoms with Gasteiger partial charge in [-0.2, -0.15) is 5.26 Å². The standard InChI is InChI=1S/C6H7N3O2/c7-2-4-3-9(4)6(11)1-5(8)10/h4H,1,3H2,(H2,8,10). The molecule has 1 unspecified atom stereocenters. The molecule has 0 aromatic carbocycles. The Morgan fingerprint density at radius 1 is 1.73 bits per heavy atom. The monoisotopic (exact) mass is 153 g/mol. The molecule has 0 spiro atoms. The predicted octanol–water partition coefficient (Wildman–Crippen LogP) is -1.40. The second-order valence-corrected chi connectivity index (χ2v) is 2.33. The first-order valence-electron chi connectivity index (χ1n) is 3.12. The maximum absolute atomic E-state index is 10.9. The van der Waals surface area contributed by atoms with Crippen LogP contribution >= 0.6 is 0 Å². The van der Waals surface area contributed by atoms with E-state index < -0.39 is 5.91 Å². The summed E-state index contributed by atoms with van der Waals surface area (Å²) in [5, 5.41) is 8.30. The smallest absolute Gasteiger partial charge is 0.233 e. The van der Waals surface area contributed by atoms with Crippen molar-refractivity contribution in [3.63, 3.8) is 0 Å². The van der Waals surface area contributed by atoms with E-state index in [9.17, 15) is 9.59 Å². The van der Waals surface area contributed by atoms with E-state index in [2.05, 4.69) is 0 Å². The van der Waals surface area contributed by atoms with Crippen molar-refractivity contribution >= 4 is 11.8 Å². The molecule has 1 atom stereocenters. The van der Waals surface area contributed by atoms with Crippen molar-refractivity contribution in [2.75, 3.05) is 6.54 Å². The summed E-state index contributed by atoms with van der Waals surface area (Å²) in [5.74, 6) is -1.01. The number of nitrogens with zero attached hydrogens (tertiary/aromatic N) is 2. The van der Waals surface area contributed by atoms with Crippen LogP contribution in [0.3, 0.4) is 0 Å². The van der Waals surface area contributed by atoms with Gasteiger partial charge in [-0.1, -0.05) is 0 Å². The van der Waals surface area contributed by atoms with Gasteiger partial charge >= 0.3 is 0 Å². The van der Waals surface area contributed by atoms with E-state index in [1.165, 1.54) is 4.90 Å². The van der Waals surface area contributed by atoms with Crippen molar-refractivity contribution in [3.8, 4) is 6.07 Å². The van der Waals surface area contributed by atoms with Crippen LogP contribution in [-0.4, -0.2) is 29.3 Å². The second-order valence-electron chi connectivity index (χ2n) is 2.33. The molecule has 1 aliphatic rings. The van der Waals surface area contributed by atoms with Crippen molar-refractivity contribution < 1.29 is 9.59 Å². The molecule has 1 fully saturated rings. The molecule has 2 amide bonds. The first-order valence-corrected chi connectivity index (χ1v) is 3.12. The van der Waals surface area contributed by atoms with Crippen molar-refractivity contribution in [3.05, 3.63) is 0 Å². The van der Waals surface area contributed by atoms with E-state index in [-0.39, 0.29) is 18.4 Å². The van der Waals surface area contributed by atoms with Crippen LogP contribution < -0.4 is 5.73 Å². The zero-order valence-corrected chi connectivity index (χ0v) is 5.78. The number of hydrogen-bond donors (Lipinski definition) is 1. The molecule has 0 aliphatic carbocycles. The van der Waals surface area contributed by atoms with Gasteiger partial charge in [0.15, 0.2) is 0 Å². The third-order valence-corrected chi connectivity index (χ3v) is 1.41. The summed E-state index contributed by atoms with van der Waals surface area (Å²) in [6, 6.07) is 1.56.